The van der Waals surface area contributed by atoms with Crippen LogP contribution in [0.15, 0.2) is 41.4 Å². The number of aryl methyl sites for hydroxylation is 2. The van der Waals surface area contributed by atoms with Gasteiger partial charge < -0.3 is 14.9 Å². The number of rotatable bonds is 13. The minimum atomic E-state index is -0.713. The van der Waals surface area contributed by atoms with Crippen LogP contribution in [0.1, 0.15) is 53.8 Å². The van der Waals surface area contributed by atoms with Gasteiger partial charge in [0.1, 0.15) is 12.4 Å². The highest BCUT2D eigenvalue weighted by Gasteiger charge is 2.39. The van der Waals surface area contributed by atoms with Gasteiger partial charge in [-0.15, -0.1) is 11.3 Å². The Morgan fingerprint density at radius 1 is 1.33 bits per heavy atom. The average Bonchev–Trinajstić information content (AvgIpc) is 3.18. The average molecular weight is 540 g/mol. The molecule has 0 aliphatic heterocycles. The van der Waals surface area contributed by atoms with Crippen molar-refractivity contribution >= 4 is 39.0 Å². The molecule has 0 amide bonds. The fraction of sp³-hybridized carbons (Fsp3) is 0.538. The quantitative estimate of drug-likeness (QED) is 0.200. The van der Waals surface area contributed by atoms with E-state index in [1.165, 1.54) is 15.3 Å². The lowest BCUT2D eigenvalue weighted by atomic mass is 9.90. The molecule has 0 saturated heterocycles. The Labute approximate surface area is 209 Å². The van der Waals surface area contributed by atoms with Gasteiger partial charge >= 0.3 is 5.97 Å². The van der Waals surface area contributed by atoms with Crippen molar-refractivity contribution in [2.24, 2.45) is 11.8 Å². The van der Waals surface area contributed by atoms with Crippen molar-refractivity contribution in [3.63, 3.8) is 0 Å². The molecule has 1 saturated carbocycles. The highest BCUT2D eigenvalue weighted by molar-refractivity contribution is 9.10. The zero-order valence-corrected chi connectivity index (χ0v) is 21.9. The molecule has 7 heteroatoms. The summed E-state index contributed by atoms with van der Waals surface area (Å²) in [5, 5.41) is 20.8. The van der Waals surface area contributed by atoms with Crippen LogP contribution in [-0.2, 0) is 20.7 Å². The molecule has 2 rings (SSSR count). The molecular weight excluding hydrogens is 504 g/mol. The third-order valence-corrected chi connectivity index (χ3v) is 8.35. The predicted molar refractivity (Wildman–Crippen MR) is 136 cm³/mol. The van der Waals surface area contributed by atoms with Crippen molar-refractivity contribution in [2.75, 3.05) is 6.61 Å². The van der Waals surface area contributed by atoms with Crippen molar-refractivity contribution in [1.82, 2.24) is 0 Å². The van der Waals surface area contributed by atoms with E-state index in [1.807, 2.05) is 18.2 Å². The first kappa shape index (κ1) is 27.7. The number of aliphatic hydroxyl groups is 2. The summed E-state index contributed by atoms with van der Waals surface area (Å²) >= 11 is 5.38. The summed E-state index contributed by atoms with van der Waals surface area (Å²) in [5.41, 5.74) is 1.23. The zero-order chi connectivity index (χ0) is 24.4. The number of halogens is 1. The van der Waals surface area contributed by atoms with Crippen LogP contribution in [0.5, 0.6) is 0 Å². The van der Waals surface area contributed by atoms with E-state index in [4.69, 9.17) is 4.74 Å². The van der Waals surface area contributed by atoms with Gasteiger partial charge in [-0.3, -0.25) is 9.59 Å². The van der Waals surface area contributed by atoms with Gasteiger partial charge in [-0.25, -0.2) is 0 Å². The normalized spacial score (nSPS) is 21.8. The number of carbonyl (C=O) groups excluding carboxylic acids is 2. The summed E-state index contributed by atoms with van der Waals surface area (Å²) in [7, 11) is 0. The number of thiophene rings is 1. The number of ether oxygens (including phenoxy) is 1. The summed E-state index contributed by atoms with van der Waals surface area (Å²) < 4.78 is 6.06. The van der Waals surface area contributed by atoms with Gasteiger partial charge in [0.2, 0.25) is 0 Å². The monoisotopic (exact) mass is 538 g/mol. The minimum Gasteiger partial charge on any atom is -0.461 e. The summed E-state index contributed by atoms with van der Waals surface area (Å²) in [4.78, 5) is 26.3. The molecule has 1 aliphatic carbocycles. The number of Topliss-reactive ketones (excluding diaryl/α,β-unsaturated/α-hetero) is 1. The van der Waals surface area contributed by atoms with Crippen molar-refractivity contribution in [2.45, 2.75) is 71.0 Å². The second kappa shape index (κ2) is 14.0. The van der Waals surface area contributed by atoms with E-state index in [0.29, 0.717) is 25.7 Å². The molecule has 0 unspecified atom stereocenters. The van der Waals surface area contributed by atoms with E-state index in [1.54, 1.807) is 23.5 Å². The van der Waals surface area contributed by atoms with Crippen LogP contribution >= 0.6 is 27.3 Å². The molecule has 1 aliphatic rings. The highest BCUT2D eigenvalue weighted by atomic mass is 79.9. The van der Waals surface area contributed by atoms with Crippen LogP contribution in [-0.4, -0.2) is 40.8 Å². The van der Waals surface area contributed by atoms with E-state index < -0.39 is 12.2 Å². The first-order valence-electron chi connectivity index (χ1n) is 11.5. The molecule has 1 aromatic rings. The Hall–Kier alpha value is -1.54. The van der Waals surface area contributed by atoms with Crippen LogP contribution in [0.3, 0.4) is 0 Å². The molecule has 2 N–H and O–H groups in total. The number of carbonyl (C=O) groups is 2. The van der Waals surface area contributed by atoms with Crippen molar-refractivity contribution in [3.05, 3.63) is 56.7 Å². The van der Waals surface area contributed by atoms with Crippen LogP contribution in [0.4, 0.5) is 0 Å². The van der Waals surface area contributed by atoms with Crippen molar-refractivity contribution in [1.29, 1.82) is 0 Å². The van der Waals surface area contributed by atoms with Gasteiger partial charge in [-0.2, -0.15) is 0 Å². The molecule has 1 aromatic heterocycles. The number of allylic oxidation sites excluding steroid dienone is 2. The number of hydrogen-bond acceptors (Lipinski definition) is 6. The standard InChI is InChI=1S/C26H35BrO5S/c1-4-15-32-25(31)10-8-6-5-7-9-21-22(24(30)16-23(21)29)14-12-19(28)11-13-20-17(2)33-18(3)26(20)27/h4-5,7,12,14,19,21-22,24,28,30H,1,6,8-11,13,15-16H2,2-3H3/t19-,21+,22+,24+/m0/s1. The Balaban J connectivity index is 1.82. The zero-order valence-electron chi connectivity index (χ0n) is 19.5. The van der Waals surface area contributed by atoms with Crippen molar-refractivity contribution < 1.29 is 24.5 Å². The summed E-state index contributed by atoms with van der Waals surface area (Å²) in [6.45, 7) is 7.90. The molecule has 0 spiro atoms. The van der Waals surface area contributed by atoms with Crippen LogP contribution < -0.4 is 0 Å². The fourth-order valence-electron chi connectivity index (χ4n) is 4.11. The maximum atomic E-state index is 12.4. The Kier molecular flexibility index (Phi) is 11.7. The van der Waals surface area contributed by atoms with E-state index >= 15 is 0 Å². The smallest absolute Gasteiger partial charge is 0.306 e. The van der Waals surface area contributed by atoms with Gasteiger partial charge in [-0.1, -0.05) is 37.0 Å². The lowest BCUT2D eigenvalue weighted by molar-refractivity contribution is -0.142. The lowest BCUT2D eigenvalue weighted by Crippen LogP contribution is -2.19. The van der Waals surface area contributed by atoms with Gasteiger partial charge in [0.05, 0.1) is 12.2 Å². The molecule has 1 fully saturated rings. The Bertz CT molecular complexity index is 872. The molecule has 4 atom stereocenters. The summed E-state index contributed by atoms with van der Waals surface area (Å²) in [5.74, 6) is -0.758. The Morgan fingerprint density at radius 3 is 2.76 bits per heavy atom. The minimum absolute atomic E-state index is 0.0533. The first-order chi connectivity index (χ1) is 15.7. The molecule has 0 aromatic carbocycles. The van der Waals surface area contributed by atoms with Gasteiger partial charge in [-0.05, 0) is 67.4 Å². The van der Waals surface area contributed by atoms with Gasteiger partial charge in [0, 0.05) is 38.9 Å². The molecule has 1 heterocycles. The van der Waals surface area contributed by atoms with Crippen LogP contribution in [0, 0.1) is 25.7 Å². The maximum absolute atomic E-state index is 12.4. The van der Waals surface area contributed by atoms with E-state index in [9.17, 15) is 19.8 Å². The molecule has 0 radical (unpaired) electrons. The fourth-order valence-corrected chi connectivity index (χ4v) is 5.98. The summed E-state index contributed by atoms with van der Waals surface area (Å²) in [6, 6.07) is 0. The summed E-state index contributed by atoms with van der Waals surface area (Å²) in [6.07, 6.45) is 11.5. The van der Waals surface area contributed by atoms with E-state index in [2.05, 4.69) is 36.4 Å². The third kappa shape index (κ3) is 8.63. The molecule has 182 valence electrons. The second-order valence-corrected chi connectivity index (χ2v) is 10.7. The van der Waals surface area contributed by atoms with Crippen LogP contribution in [0.25, 0.3) is 0 Å². The number of unbranched alkanes of at least 4 members (excludes halogenated alkanes) is 1. The van der Waals surface area contributed by atoms with Crippen LogP contribution in [0.2, 0.25) is 0 Å². The topological polar surface area (TPSA) is 83.8 Å². The molecule has 0 bridgehead atoms. The van der Waals surface area contributed by atoms with Gasteiger partial charge in [0.25, 0.3) is 0 Å². The van der Waals surface area contributed by atoms with E-state index in [0.717, 1.165) is 17.3 Å². The number of aliphatic hydroxyl groups excluding tert-OH is 2. The maximum Gasteiger partial charge on any atom is 0.306 e. The molecular formula is C26H35BrO5S. The van der Waals surface area contributed by atoms with E-state index in [-0.39, 0.29) is 36.6 Å². The van der Waals surface area contributed by atoms with Gasteiger partial charge in [0.15, 0.2) is 0 Å². The highest BCUT2D eigenvalue weighted by Crippen LogP contribution is 2.34. The second-order valence-electron chi connectivity index (χ2n) is 8.49. The first-order valence-corrected chi connectivity index (χ1v) is 13.1. The largest absolute Gasteiger partial charge is 0.461 e. The third-order valence-electron chi connectivity index (χ3n) is 5.95. The molecule has 5 nitrogen and oxygen atoms in total. The SMILES string of the molecule is C=CCOC(=O)CCCC=CC[C@H]1C(=O)C[C@@H](O)[C@@H]1C=C[C@@H](O)CCc1c(C)sc(C)c1Br. The molecule has 33 heavy (non-hydrogen) atoms. The predicted octanol–water partition coefficient (Wildman–Crippen LogP) is 5.39. The number of esters is 1. The Morgan fingerprint density at radius 2 is 2.09 bits per heavy atom. The number of hydrogen-bond donors (Lipinski definition) is 2. The van der Waals surface area contributed by atoms with Crippen molar-refractivity contribution in [3.8, 4) is 0 Å². The lowest BCUT2D eigenvalue weighted by Gasteiger charge is -2.16. The number of ketones is 1.